The molecular weight excluding hydrogens is 475 g/mol. The van der Waals surface area contributed by atoms with Gasteiger partial charge < -0.3 is 25.2 Å². The van der Waals surface area contributed by atoms with Crippen molar-refractivity contribution in [1.29, 1.82) is 0 Å². The molecule has 0 spiro atoms. The summed E-state index contributed by atoms with van der Waals surface area (Å²) in [6.07, 6.45) is 0. The van der Waals surface area contributed by atoms with Gasteiger partial charge in [-0.2, -0.15) is 0 Å². The number of hydrogen-bond acceptors (Lipinski definition) is 5. The molecule has 1 aliphatic heterocycles. The number of rotatable bonds is 9. The van der Waals surface area contributed by atoms with Gasteiger partial charge in [0, 0.05) is 60.5 Å². The summed E-state index contributed by atoms with van der Waals surface area (Å²) >= 11 is 0. The largest absolute Gasteiger partial charge is 0.383 e. The molecule has 0 aliphatic carbocycles. The summed E-state index contributed by atoms with van der Waals surface area (Å²) in [5.41, 5.74) is 0.994. The number of amides is 2. The Morgan fingerprint density at radius 3 is 2.36 bits per heavy atom. The highest BCUT2D eigenvalue weighted by molar-refractivity contribution is 14.0. The average Bonchev–Trinajstić information content (AvgIpc) is 2.62. The van der Waals surface area contributed by atoms with E-state index < -0.39 is 0 Å². The Balaban J connectivity index is 0.00000729. The molecule has 9 nitrogen and oxygen atoms in total. The standard InChI is InChI=1S/C18H34N6O3.HI/c1-15(2)12-20-18(21-13-17(26)22(3)4)24-9-7-23(8-10-24)14-16(25)19-6-11-27-5;/h1,6-14H2,2-5H3,(H,19,25)(H,20,21);1H. The second-order valence-corrected chi connectivity index (χ2v) is 6.84. The van der Waals surface area contributed by atoms with Crippen molar-refractivity contribution in [2.45, 2.75) is 6.92 Å². The second kappa shape index (κ2) is 14.6. The van der Waals surface area contributed by atoms with Crippen molar-refractivity contribution in [3.63, 3.8) is 0 Å². The van der Waals surface area contributed by atoms with Crippen molar-refractivity contribution in [2.24, 2.45) is 4.99 Å². The van der Waals surface area contributed by atoms with E-state index in [2.05, 4.69) is 32.0 Å². The number of carbonyl (C=O) groups is 2. The molecule has 1 fully saturated rings. The molecule has 162 valence electrons. The quantitative estimate of drug-likeness (QED) is 0.144. The molecule has 10 heteroatoms. The van der Waals surface area contributed by atoms with E-state index in [1.165, 1.54) is 4.90 Å². The molecule has 0 bridgehead atoms. The van der Waals surface area contributed by atoms with Gasteiger partial charge in [0.25, 0.3) is 0 Å². The molecule has 2 N–H and O–H groups in total. The van der Waals surface area contributed by atoms with E-state index >= 15 is 0 Å². The van der Waals surface area contributed by atoms with E-state index in [1.54, 1.807) is 21.2 Å². The van der Waals surface area contributed by atoms with Crippen molar-refractivity contribution < 1.29 is 14.3 Å². The molecule has 28 heavy (non-hydrogen) atoms. The molecule has 1 saturated heterocycles. The fourth-order valence-electron chi connectivity index (χ4n) is 2.45. The van der Waals surface area contributed by atoms with Gasteiger partial charge in [0.05, 0.1) is 13.2 Å². The Bertz CT molecular complexity index is 533. The molecule has 0 atom stereocenters. The Hall–Kier alpha value is -1.40. The molecule has 2 amide bonds. The van der Waals surface area contributed by atoms with Crippen molar-refractivity contribution in [2.75, 3.05) is 80.2 Å². The van der Waals surface area contributed by atoms with Gasteiger partial charge in [0.15, 0.2) is 5.96 Å². The Morgan fingerprint density at radius 1 is 1.18 bits per heavy atom. The molecule has 0 aromatic rings. The fourth-order valence-corrected chi connectivity index (χ4v) is 2.45. The van der Waals surface area contributed by atoms with Gasteiger partial charge in [-0.25, -0.2) is 4.99 Å². The number of methoxy groups -OCH3 is 1. The van der Waals surface area contributed by atoms with Crippen LogP contribution in [-0.2, 0) is 14.3 Å². The second-order valence-electron chi connectivity index (χ2n) is 6.84. The third-order valence-electron chi connectivity index (χ3n) is 4.08. The smallest absolute Gasteiger partial charge is 0.243 e. The molecule has 0 unspecified atom stereocenters. The minimum atomic E-state index is -0.0454. The molecule has 1 aliphatic rings. The predicted octanol–water partition coefficient (Wildman–Crippen LogP) is -0.405. The van der Waals surface area contributed by atoms with E-state index in [9.17, 15) is 9.59 Å². The normalized spacial score (nSPS) is 14.9. The number of hydrogen-bond donors (Lipinski definition) is 2. The summed E-state index contributed by atoms with van der Waals surface area (Å²) in [7, 11) is 5.04. The maximum absolute atomic E-state index is 11.9. The number of likely N-dealkylation sites (N-methyl/N-ethyl adjacent to an activating group) is 1. The first-order valence-electron chi connectivity index (χ1n) is 9.19. The lowest BCUT2D eigenvalue weighted by Gasteiger charge is -2.36. The molecule has 0 saturated carbocycles. The van der Waals surface area contributed by atoms with Crippen LogP contribution in [0.4, 0.5) is 0 Å². The van der Waals surface area contributed by atoms with Crippen LogP contribution in [0, 0.1) is 0 Å². The lowest BCUT2D eigenvalue weighted by Crippen LogP contribution is -2.54. The maximum atomic E-state index is 11.9. The number of carbonyl (C=O) groups excluding carboxylic acids is 2. The van der Waals surface area contributed by atoms with Gasteiger partial charge in [0.1, 0.15) is 6.54 Å². The van der Waals surface area contributed by atoms with Crippen LogP contribution >= 0.6 is 24.0 Å². The van der Waals surface area contributed by atoms with E-state index in [0.717, 1.165) is 31.8 Å². The molecule has 0 radical (unpaired) electrons. The van der Waals surface area contributed by atoms with Gasteiger partial charge in [-0.3, -0.25) is 14.5 Å². The lowest BCUT2D eigenvalue weighted by atomic mass is 10.3. The van der Waals surface area contributed by atoms with Crippen LogP contribution in [0.1, 0.15) is 6.92 Å². The molecule has 1 rings (SSSR count). The maximum Gasteiger partial charge on any atom is 0.243 e. The summed E-state index contributed by atoms with van der Waals surface area (Å²) < 4.78 is 4.93. The molecular formula is C18H35IN6O3. The third-order valence-corrected chi connectivity index (χ3v) is 4.08. The van der Waals surface area contributed by atoms with Crippen molar-refractivity contribution in [1.82, 2.24) is 25.3 Å². The average molecular weight is 510 g/mol. The summed E-state index contributed by atoms with van der Waals surface area (Å²) in [4.78, 5) is 34.0. The van der Waals surface area contributed by atoms with E-state index in [-0.39, 0.29) is 42.3 Å². The Morgan fingerprint density at radius 2 is 1.82 bits per heavy atom. The molecule has 0 aromatic heterocycles. The van der Waals surface area contributed by atoms with Gasteiger partial charge in [-0.15, -0.1) is 24.0 Å². The summed E-state index contributed by atoms with van der Waals surface area (Å²) in [6.45, 7) is 11.0. The van der Waals surface area contributed by atoms with Crippen LogP contribution in [0.5, 0.6) is 0 Å². The Labute approximate surface area is 185 Å². The zero-order valence-electron chi connectivity index (χ0n) is 17.5. The number of guanidine groups is 1. The third kappa shape index (κ3) is 10.8. The SMILES string of the molecule is C=C(C)CNC(=NCC(=O)N(C)C)N1CCN(CC(=O)NCCOC)CC1.I. The predicted molar refractivity (Wildman–Crippen MR) is 122 cm³/mol. The first kappa shape index (κ1) is 26.6. The number of nitrogens with one attached hydrogen (secondary N) is 2. The van der Waals surface area contributed by atoms with E-state index in [4.69, 9.17) is 4.74 Å². The molecule has 0 aromatic carbocycles. The first-order valence-corrected chi connectivity index (χ1v) is 9.19. The topological polar surface area (TPSA) is 89.5 Å². The zero-order valence-corrected chi connectivity index (χ0v) is 19.8. The van der Waals surface area contributed by atoms with Crippen LogP contribution < -0.4 is 10.6 Å². The summed E-state index contributed by atoms with van der Waals surface area (Å²) in [5, 5.41) is 6.10. The highest BCUT2D eigenvalue weighted by Gasteiger charge is 2.21. The number of aliphatic imine (C=N–C) groups is 1. The van der Waals surface area contributed by atoms with Crippen molar-refractivity contribution >= 4 is 41.8 Å². The minimum absolute atomic E-state index is 0. The van der Waals surface area contributed by atoms with Crippen LogP contribution in [0.25, 0.3) is 0 Å². The highest BCUT2D eigenvalue weighted by atomic mass is 127. The van der Waals surface area contributed by atoms with Crippen LogP contribution in [-0.4, -0.2) is 113 Å². The van der Waals surface area contributed by atoms with Gasteiger partial charge >= 0.3 is 0 Å². The lowest BCUT2D eigenvalue weighted by molar-refractivity contribution is -0.127. The van der Waals surface area contributed by atoms with Crippen LogP contribution in [0.3, 0.4) is 0 Å². The zero-order chi connectivity index (χ0) is 20.2. The summed E-state index contributed by atoms with van der Waals surface area (Å²) in [6, 6.07) is 0. The first-order chi connectivity index (χ1) is 12.8. The Kier molecular flexibility index (Phi) is 13.8. The van der Waals surface area contributed by atoms with Gasteiger partial charge in [0.2, 0.25) is 11.8 Å². The fraction of sp³-hybridized carbons (Fsp3) is 0.722. The highest BCUT2D eigenvalue weighted by Crippen LogP contribution is 2.03. The van der Waals surface area contributed by atoms with Gasteiger partial charge in [-0.1, -0.05) is 12.2 Å². The van der Waals surface area contributed by atoms with Crippen LogP contribution in [0.2, 0.25) is 0 Å². The van der Waals surface area contributed by atoms with Gasteiger partial charge in [-0.05, 0) is 6.92 Å². The summed E-state index contributed by atoms with van der Waals surface area (Å²) in [5.74, 6) is 0.666. The van der Waals surface area contributed by atoms with Crippen LogP contribution in [0.15, 0.2) is 17.1 Å². The number of ether oxygens (including phenoxy) is 1. The number of piperazine rings is 1. The monoisotopic (exact) mass is 510 g/mol. The van der Waals surface area contributed by atoms with Crippen molar-refractivity contribution in [3.05, 3.63) is 12.2 Å². The van der Waals surface area contributed by atoms with E-state index in [1.807, 2.05) is 6.92 Å². The van der Waals surface area contributed by atoms with E-state index in [0.29, 0.717) is 32.2 Å². The minimum Gasteiger partial charge on any atom is -0.383 e. The number of halogens is 1. The number of nitrogens with zero attached hydrogens (tertiary/aromatic N) is 4. The van der Waals surface area contributed by atoms with Crippen molar-refractivity contribution in [3.8, 4) is 0 Å². The molecule has 1 heterocycles.